The van der Waals surface area contributed by atoms with Gasteiger partial charge in [0.15, 0.2) is 0 Å². The maximum absolute atomic E-state index is 13.1. The minimum absolute atomic E-state index is 0.00996. The summed E-state index contributed by atoms with van der Waals surface area (Å²) in [6, 6.07) is -1.64. The number of unbranched alkanes of at least 4 members (excludes halogenated alkanes) is 13. The zero-order valence-electron chi connectivity index (χ0n) is 19.8. The number of ether oxygens (including phenoxy) is 1. The molecule has 0 aromatic heterocycles. The first-order valence-corrected chi connectivity index (χ1v) is 12.1. The van der Waals surface area contributed by atoms with Gasteiger partial charge < -0.3 is 10.1 Å². The Hall–Kier alpha value is -1.67. The van der Waals surface area contributed by atoms with Crippen LogP contribution in [0.1, 0.15) is 103 Å². The second-order valence-corrected chi connectivity index (χ2v) is 8.39. The van der Waals surface area contributed by atoms with Crippen molar-refractivity contribution in [1.29, 1.82) is 0 Å². The Bertz CT molecular complexity index is 553. The number of rotatable bonds is 20. The molecule has 1 amide bonds. The molecule has 0 aliphatic rings. The van der Waals surface area contributed by atoms with Crippen LogP contribution in [0.4, 0.5) is 22.0 Å². The minimum Gasteiger partial charge on any atom is -0.464 e. The van der Waals surface area contributed by atoms with Crippen LogP contribution < -0.4 is 5.32 Å². The van der Waals surface area contributed by atoms with Crippen LogP contribution in [0.3, 0.4) is 0 Å². The summed E-state index contributed by atoms with van der Waals surface area (Å²) in [5.41, 5.74) is 0. The van der Waals surface area contributed by atoms with E-state index in [-0.39, 0.29) is 13.0 Å². The molecule has 0 fully saturated rings. The molecule has 0 rings (SSSR count). The molecule has 1 N–H and O–H groups in total. The monoisotopic (exact) mass is 485 g/mol. The van der Waals surface area contributed by atoms with Gasteiger partial charge in [0, 0.05) is 0 Å². The topological polar surface area (TPSA) is 55.4 Å². The lowest BCUT2D eigenvalue weighted by atomic mass is 10.0. The number of esters is 1. The maximum atomic E-state index is 13.1. The third-order valence-electron chi connectivity index (χ3n) is 5.38. The van der Waals surface area contributed by atoms with E-state index in [1.54, 1.807) is 0 Å². The molecule has 0 spiro atoms. The first-order valence-electron chi connectivity index (χ1n) is 12.1. The first-order chi connectivity index (χ1) is 15.6. The standard InChI is InChI=1S/C24H40F5NO3/c1-3-5-6-7-8-9-10-11-12-13-14-15-16-17-19-33-21(31)20(18-4-2)30-22(32)23(25,26)24(27,28)29/h4,20H,2-3,5-19H2,1H3,(H,30,32). The molecule has 0 bridgehead atoms. The van der Waals surface area contributed by atoms with Gasteiger partial charge in [0.1, 0.15) is 6.04 Å². The van der Waals surface area contributed by atoms with E-state index in [1.165, 1.54) is 63.1 Å². The number of alkyl halides is 5. The van der Waals surface area contributed by atoms with Crippen molar-refractivity contribution in [3.05, 3.63) is 12.7 Å². The van der Waals surface area contributed by atoms with Crippen LogP contribution in [0.2, 0.25) is 0 Å². The molecular weight excluding hydrogens is 445 g/mol. The molecule has 194 valence electrons. The minimum atomic E-state index is -6.05. The molecule has 0 saturated heterocycles. The van der Waals surface area contributed by atoms with Crippen molar-refractivity contribution in [2.24, 2.45) is 0 Å². The van der Waals surface area contributed by atoms with Crippen molar-refractivity contribution in [1.82, 2.24) is 5.32 Å². The van der Waals surface area contributed by atoms with Gasteiger partial charge in [-0.05, 0) is 12.8 Å². The summed E-state index contributed by atoms with van der Waals surface area (Å²) in [5, 5.41) is 1.41. The number of halogens is 5. The van der Waals surface area contributed by atoms with Gasteiger partial charge in [0.2, 0.25) is 0 Å². The van der Waals surface area contributed by atoms with E-state index in [1.807, 2.05) is 0 Å². The summed E-state index contributed by atoms with van der Waals surface area (Å²) < 4.78 is 67.9. The molecule has 9 heteroatoms. The number of nitrogens with one attached hydrogen (secondary N) is 1. The predicted octanol–water partition coefficient (Wildman–Crippen LogP) is 7.27. The van der Waals surface area contributed by atoms with E-state index in [0.29, 0.717) is 6.42 Å². The Kier molecular flexibility index (Phi) is 16.9. The number of carbonyl (C=O) groups excluding carboxylic acids is 2. The van der Waals surface area contributed by atoms with Crippen LogP contribution >= 0.6 is 0 Å². The maximum Gasteiger partial charge on any atom is 0.463 e. The number of hydrogen-bond donors (Lipinski definition) is 1. The van der Waals surface area contributed by atoms with Gasteiger partial charge >= 0.3 is 24.0 Å². The summed E-state index contributed by atoms with van der Waals surface area (Å²) in [6.45, 7) is 5.53. The first kappa shape index (κ1) is 31.3. The lowest BCUT2D eigenvalue weighted by molar-refractivity contribution is -0.270. The Morgan fingerprint density at radius 1 is 0.818 bits per heavy atom. The van der Waals surface area contributed by atoms with Crippen LogP contribution in [-0.2, 0) is 14.3 Å². The number of hydrogen-bond acceptors (Lipinski definition) is 3. The van der Waals surface area contributed by atoms with Crippen LogP contribution in [0.25, 0.3) is 0 Å². The molecule has 0 saturated carbocycles. The van der Waals surface area contributed by atoms with E-state index in [0.717, 1.165) is 31.8 Å². The van der Waals surface area contributed by atoms with Crippen LogP contribution in [0.5, 0.6) is 0 Å². The van der Waals surface area contributed by atoms with E-state index < -0.39 is 30.0 Å². The highest BCUT2D eigenvalue weighted by atomic mass is 19.4. The van der Waals surface area contributed by atoms with E-state index in [9.17, 15) is 31.5 Å². The number of amides is 1. The molecule has 1 unspecified atom stereocenters. The zero-order chi connectivity index (χ0) is 25.2. The van der Waals surface area contributed by atoms with Crippen molar-refractivity contribution in [3.63, 3.8) is 0 Å². The van der Waals surface area contributed by atoms with Crippen molar-refractivity contribution < 1.29 is 36.3 Å². The Balaban J connectivity index is 3.90. The van der Waals surface area contributed by atoms with Gasteiger partial charge in [-0.3, -0.25) is 4.79 Å². The van der Waals surface area contributed by atoms with E-state index in [2.05, 4.69) is 13.5 Å². The normalized spacial score (nSPS) is 12.9. The molecule has 0 aliphatic carbocycles. The molecule has 0 aromatic carbocycles. The molecule has 4 nitrogen and oxygen atoms in total. The van der Waals surface area contributed by atoms with Crippen LogP contribution in [0.15, 0.2) is 12.7 Å². The van der Waals surface area contributed by atoms with Crippen molar-refractivity contribution in [2.45, 2.75) is 121 Å². The molecular formula is C24H40F5NO3. The predicted molar refractivity (Wildman–Crippen MR) is 119 cm³/mol. The average molecular weight is 486 g/mol. The SMILES string of the molecule is C=CCC(NC(=O)C(F)(F)C(F)(F)F)C(=O)OCCCCCCCCCCCCCCCC. The highest BCUT2D eigenvalue weighted by Crippen LogP contribution is 2.35. The van der Waals surface area contributed by atoms with E-state index in [4.69, 9.17) is 4.74 Å². The van der Waals surface area contributed by atoms with Crippen molar-refractivity contribution in [3.8, 4) is 0 Å². The molecule has 0 radical (unpaired) electrons. The van der Waals surface area contributed by atoms with E-state index >= 15 is 0 Å². The summed E-state index contributed by atoms with van der Waals surface area (Å²) in [7, 11) is 0. The third kappa shape index (κ3) is 14.3. The Morgan fingerprint density at radius 2 is 1.24 bits per heavy atom. The van der Waals surface area contributed by atoms with Crippen LogP contribution in [-0.4, -0.2) is 36.6 Å². The lowest BCUT2D eigenvalue weighted by Gasteiger charge is -2.22. The fraction of sp³-hybridized carbons (Fsp3) is 0.833. The van der Waals surface area contributed by atoms with Crippen molar-refractivity contribution in [2.75, 3.05) is 6.61 Å². The summed E-state index contributed by atoms with van der Waals surface area (Å²) >= 11 is 0. The molecule has 1 atom stereocenters. The van der Waals surface area contributed by atoms with Gasteiger partial charge in [-0.2, -0.15) is 22.0 Å². The lowest BCUT2D eigenvalue weighted by Crippen LogP contribution is -2.54. The van der Waals surface area contributed by atoms with Crippen molar-refractivity contribution >= 4 is 11.9 Å². The highest BCUT2D eigenvalue weighted by Gasteiger charge is 2.63. The molecule has 33 heavy (non-hydrogen) atoms. The second-order valence-electron chi connectivity index (χ2n) is 8.39. The molecule has 0 aromatic rings. The number of carbonyl (C=O) groups is 2. The summed E-state index contributed by atoms with van der Waals surface area (Å²) in [6.07, 6.45) is 10.9. The highest BCUT2D eigenvalue weighted by molar-refractivity contribution is 5.89. The zero-order valence-corrected chi connectivity index (χ0v) is 19.8. The van der Waals surface area contributed by atoms with Gasteiger partial charge in [0.05, 0.1) is 6.61 Å². The van der Waals surface area contributed by atoms with Crippen LogP contribution in [0, 0.1) is 0 Å². The molecule has 0 heterocycles. The van der Waals surface area contributed by atoms with Gasteiger partial charge in [-0.15, -0.1) is 6.58 Å². The fourth-order valence-corrected chi connectivity index (χ4v) is 3.33. The van der Waals surface area contributed by atoms with Gasteiger partial charge in [-0.1, -0.05) is 96.5 Å². The second kappa shape index (κ2) is 17.8. The Labute approximate surface area is 194 Å². The van der Waals surface area contributed by atoms with Gasteiger partial charge in [-0.25, -0.2) is 4.79 Å². The van der Waals surface area contributed by atoms with Gasteiger partial charge in [0.25, 0.3) is 0 Å². The largest absolute Gasteiger partial charge is 0.464 e. The quantitative estimate of drug-likeness (QED) is 0.0854. The smallest absolute Gasteiger partial charge is 0.463 e. The Morgan fingerprint density at radius 3 is 1.64 bits per heavy atom. The molecule has 0 aliphatic heterocycles. The summed E-state index contributed by atoms with van der Waals surface area (Å²) in [4.78, 5) is 23.3. The third-order valence-corrected chi connectivity index (χ3v) is 5.38. The fourth-order valence-electron chi connectivity index (χ4n) is 3.33. The summed E-state index contributed by atoms with van der Waals surface area (Å²) in [5.74, 6) is -9.24. The average Bonchev–Trinajstić information content (AvgIpc) is 2.75.